The molecule has 20 heavy (non-hydrogen) atoms. The highest BCUT2D eigenvalue weighted by atomic mass is 35.5. The minimum Gasteiger partial charge on any atom is -0.490 e. The van der Waals surface area contributed by atoms with Crippen molar-refractivity contribution in [1.82, 2.24) is 15.4 Å². The van der Waals surface area contributed by atoms with Gasteiger partial charge in [-0.2, -0.15) is 0 Å². The average Bonchev–Trinajstić information content (AvgIpc) is 2.98. The standard InChI is InChI=1S/C13H18ClN3O3/c1-19-17(9-18)7-10-5-12(6-16-13(10)14)20-8-11-3-2-4-15-11/h5-6,9,11,15H,2-4,7-8H2,1H3/t11-/m0/s1. The Labute approximate surface area is 123 Å². The molecule has 0 spiro atoms. The van der Waals surface area contributed by atoms with Crippen LogP contribution in [0, 0.1) is 0 Å². The highest BCUT2D eigenvalue weighted by molar-refractivity contribution is 6.30. The lowest BCUT2D eigenvalue weighted by atomic mass is 10.2. The van der Waals surface area contributed by atoms with Crippen LogP contribution in [0.25, 0.3) is 0 Å². The quantitative estimate of drug-likeness (QED) is 0.468. The first-order valence-corrected chi connectivity index (χ1v) is 6.87. The first-order chi connectivity index (χ1) is 9.72. The Kier molecular flexibility index (Phi) is 5.58. The van der Waals surface area contributed by atoms with Gasteiger partial charge in [0.15, 0.2) is 0 Å². The summed E-state index contributed by atoms with van der Waals surface area (Å²) in [5.74, 6) is 0.639. The van der Waals surface area contributed by atoms with Crippen molar-refractivity contribution in [3.8, 4) is 5.75 Å². The molecule has 7 heteroatoms. The van der Waals surface area contributed by atoms with Crippen molar-refractivity contribution in [2.75, 3.05) is 20.3 Å². The molecule has 1 amide bonds. The second-order valence-electron chi connectivity index (χ2n) is 4.59. The minimum absolute atomic E-state index is 0.227. The second kappa shape index (κ2) is 7.42. The van der Waals surface area contributed by atoms with Gasteiger partial charge in [0.05, 0.1) is 19.9 Å². The van der Waals surface area contributed by atoms with Crippen LogP contribution >= 0.6 is 11.6 Å². The van der Waals surface area contributed by atoms with Gasteiger partial charge in [0.1, 0.15) is 17.5 Å². The van der Waals surface area contributed by atoms with Crippen LogP contribution < -0.4 is 10.1 Å². The van der Waals surface area contributed by atoms with Crippen molar-refractivity contribution in [3.05, 3.63) is 23.0 Å². The van der Waals surface area contributed by atoms with Gasteiger partial charge < -0.3 is 10.1 Å². The minimum atomic E-state index is 0.227. The molecule has 0 aromatic carbocycles. The Morgan fingerprint density at radius 1 is 1.65 bits per heavy atom. The van der Waals surface area contributed by atoms with Crippen molar-refractivity contribution < 1.29 is 14.4 Å². The van der Waals surface area contributed by atoms with E-state index < -0.39 is 0 Å². The maximum Gasteiger partial charge on any atom is 0.233 e. The molecule has 0 aliphatic carbocycles. The molecule has 2 heterocycles. The Balaban J connectivity index is 1.97. The van der Waals surface area contributed by atoms with Gasteiger partial charge in [0.2, 0.25) is 6.41 Å². The van der Waals surface area contributed by atoms with Gasteiger partial charge in [-0.25, -0.2) is 10.0 Å². The van der Waals surface area contributed by atoms with Crippen molar-refractivity contribution in [2.24, 2.45) is 0 Å². The van der Waals surface area contributed by atoms with Crippen LogP contribution in [-0.4, -0.2) is 42.8 Å². The number of carbonyl (C=O) groups is 1. The van der Waals surface area contributed by atoms with Gasteiger partial charge in [-0.15, -0.1) is 0 Å². The second-order valence-corrected chi connectivity index (χ2v) is 4.95. The zero-order chi connectivity index (χ0) is 14.4. The predicted octanol–water partition coefficient (Wildman–Crippen LogP) is 1.39. The molecule has 1 saturated heterocycles. The molecule has 1 atom stereocenters. The topological polar surface area (TPSA) is 63.7 Å². The summed E-state index contributed by atoms with van der Waals surface area (Å²) < 4.78 is 5.70. The molecule has 110 valence electrons. The SMILES string of the molecule is CON(C=O)Cc1cc(OC[C@@H]2CCCN2)cnc1Cl. The summed E-state index contributed by atoms with van der Waals surface area (Å²) in [6.45, 7) is 1.87. The Hall–Kier alpha value is -1.37. The van der Waals surface area contributed by atoms with Crippen LogP contribution in [0.2, 0.25) is 5.15 Å². The number of ether oxygens (including phenoxy) is 1. The van der Waals surface area contributed by atoms with Crippen molar-refractivity contribution in [2.45, 2.75) is 25.4 Å². The Morgan fingerprint density at radius 3 is 3.15 bits per heavy atom. The first kappa shape index (κ1) is 15.0. The van der Waals surface area contributed by atoms with Gasteiger partial charge in [0, 0.05) is 11.6 Å². The number of carbonyl (C=O) groups excluding carboxylic acids is 1. The molecule has 2 rings (SSSR count). The monoisotopic (exact) mass is 299 g/mol. The highest BCUT2D eigenvalue weighted by Gasteiger charge is 2.15. The number of hydroxylamine groups is 2. The van der Waals surface area contributed by atoms with E-state index in [9.17, 15) is 4.79 Å². The van der Waals surface area contributed by atoms with Crippen LogP contribution in [0.15, 0.2) is 12.3 Å². The third-order valence-electron chi connectivity index (χ3n) is 3.18. The van der Waals surface area contributed by atoms with Crippen LogP contribution in [-0.2, 0) is 16.2 Å². The van der Waals surface area contributed by atoms with Crippen LogP contribution in [0.1, 0.15) is 18.4 Å². The fraction of sp³-hybridized carbons (Fsp3) is 0.538. The Morgan fingerprint density at radius 2 is 2.50 bits per heavy atom. The smallest absolute Gasteiger partial charge is 0.233 e. The molecule has 1 aromatic heterocycles. The lowest BCUT2D eigenvalue weighted by molar-refractivity contribution is -0.163. The largest absolute Gasteiger partial charge is 0.490 e. The zero-order valence-electron chi connectivity index (χ0n) is 11.3. The summed E-state index contributed by atoms with van der Waals surface area (Å²) in [6.07, 6.45) is 4.47. The number of halogens is 1. The number of hydrogen-bond donors (Lipinski definition) is 1. The van der Waals surface area contributed by atoms with Gasteiger partial charge in [-0.1, -0.05) is 11.6 Å². The molecule has 0 unspecified atom stereocenters. The van der Waals surface area contributed by atoms with Gasteiger partial charge in [-0.3, -0.25) is 9.63 Å². The summed E-state index contributed by atoms with van der Waals surface area (Å²) in [5, 5.41) is 4.82. The van der Waals surface area contributed by atoms with Crippen molar-refractivity contribution in [3.63, 3.8) is 0 Å². The number of amides is 1. The molecule has 0 bridgehead atoms. The molecule has 1 aliphatic rings. The van der Waals surface area contributed by atoms with Gasteiger partial charge in [-0.05, 0) is 25.5 Å². The fourth-order valence-corrected chi connectivity index (χ4v) is 2.23. The molecule has 1 fully saturated rings. The number of hydrogen-bond acceptors (Lipinski definition) is 5. The predicted molar refractivity (Wildman–Crippen MR) is 74.4 cm³/mol. The highest BCUT2D eigenvalue weighted by Crippen LogP contribution is 2.21. The number of nitrogens with zero attached hydrogens (tertiary/aromatic N) is 2. The number of pyridine rings is 1. The molecule has 6 nitrogen and oxygen atoms in total. The zero-order valence-corrected chi connectivity index (χ0v) is 12.1. The lowest BCUT2D eigenvalue weighted by Crippen LogP contribution is -2.28. The van der Waals surface area contributed by atoms with E-state index in [0.717, 1.165) is 18.0 Å². The number of rotatable bonds is 7. The normalized spacial score (nSPS) is 18.0. The van der Waals surface area contributed by atoms with E-state index >= 15 is 0 Å². The molecule has 1 N–H and O–H groups in total. The summed E-state index contributed by atoms with van der Waals surface area (Å²) in [6, 6.07) is 2.17. The van der Waals surface area contributed by atoms with E-state index in [2.05, 4.69) is 10.3 Å². The van der Waals surface area contributed by atoms with Crippen LogP contribution in [0.3, 0.4) is 0 Å². The summed E-state index contributed by atoms with van der Waals surface area (Å²) in [5.41, 5.74) is 0.678. The third-order valence-corrected chi connectivity index (χ3v) is 3.52. The molecular weight excluding hydrogens is 282 g/mol. The average molecular weight is 300 g/mol. The molecule has 1 aromatic rings. The molecule has 0 saturated carbocycles. The van der Waals surface area contributed by atoms with Gasteiger partial charge in [0.25, 0.3) is 0 Å². The first-order valence-electron chi connectivity index (χ1n) is 6.49. The van der Waals surface area contributed by atoms with Crippen molar-refractivity contribution >= 4 is 18.0 Å². The lowest BCUT2D eigenvalue weighted by Gasteiger charge is -2.16. The van der Waals surface area contributed by atoms with Crippen LogP contribution in [0.5, 0.6) is 5.75 Å². The van der Waals surface area contributed by atoms with E-state index in [-0.39, 0.29) is 6.54 Å². The van der Waals surface area contributed by atoms with E-state index in [1.807, 2.05) is 0 Å². The molecular formula is C13H18ClN3O3. The summed E-state index contributed by atoms with van der Waals surface area (Å²) in [4.78, 5) is 19.7. The fourth-order valence-electron chi connectivity index (χ4n) is 2.07. The van der Waals surface area contributed by atoms with E-state index in [1.54, 1.807) is 12.3 Å². The molecule has 0 radical (unpaired) electrons. The van der Waals surface area contributed by atoms with Crippen LogP contribution in [0.4, 0.5) is 0 Å². The van der Waals surface area contributed by atoms with Crippen molar-refractivity contribution in [1.29, 1.82) is 0 Å². The summed E-state index contributed by atoms with van der Waals surface area (Å²) >= 11 is 6.00. The van der Waals surface area contributed by atoms with E-state index in [4.69, 9.17) is 21.2 Å². The maximum absolute atomic E-state index is 10.7. The molecule has 1 aliphatic heterocycles. The van der Waals surface area contributed by atoms with E-state index in [1.165, 1.54) is 13.5 Å². The van der Waals surface area contributed by atoms with Gasteiger partial charge >= 0.3 is 0 Å². The maximum atomic E-state index is 10.7. The number of aromatic nitrogens is 1. The Bertz CT molecular complexity index is 452. The third kappa shape index (κ3) is 4.06. The summed E-state index contributed by atoms with van der Waals surface area (Å²) in [7, 11) is 1.42. The number of nitrogens with one attached hydrogen (secondary N) is 1. The van der Waals surface area contributed by atoms with E-state index in [0.29, 0.717) is 35.5 Å².